The van der Waals surface area contributed by atoms with Crippen LogP contribution in [0.25, 0.3) is 0 Å². The van der Waals surface area contributed by atoms with Gasteiger partial charge in [-0.1, -0.05) is 29.8 Å². The molecule has 88 valence electrons. The summed E-state index contributed by atoms with van der Waals surface area (Å²) in [6.45, 7) is 2.97. The Bertz CT molecular complexity index is 457. The lowest BCUT2D eigenvalue weighted by Gasteiger charge is -2.08. The predicted octanol–water partition coefficient (Wildman–Crippen LogP) is 3.65. The molecule has 0 saturated carbocycles. The Morgan fingerprint density at radius 1 is 0.824 bits per heavy atom. The molecule has 2 heteroatoms. The zero-order chi connectivity index (χ0) is 12.1. The fourth-order valence-electron chi connectivity index (χ4n) is 1.66. The van der Waals surface area contributed by atoms with Crippen molar-refractivity contribution in [2.24, 2.45) is 0 Å². The Kier molecular flexibility index (Phi) is 3.66. The molecule has 0 saturated heterocycles. The van der Waals surface area contributed by atoms with E-state index < -0.39 is 0 Å². The van der Waals surface area contributed by atoms with E-state index in [9.17, 15) is 0 Å². The van der Waals surface area contributed by atoms with Gasteiger partial charge in [0.25, 0.3) is 0 Å². The van der Waals surface area contributed by atoms with Crippen LogP contribution in [0.4, 0.5) is 11.4 Å². The van der Waals surface area contributed by atoms with Gasteiger partial charge in [0.05, 0.1) is 0 Å². The van der Waals surface area contributed by atoms with Crippen molar-refractivity contribution in [1.82, 2.24) is 0 Å². The number of hydrogen-bond acceptors (Lipinski definition) is 2. The molecule has 0 unspecified atom stereocenters. The molecule has 0 heterocycles. The summed E-state index contributed by atoms with van der Waals surface area (Å²) in [5.74, 6) is 0. The van der Waals surface area contributed by atoms with Gasteiger partial charge in [-0.2, -0.15) is 0 Å². The third-order valence-electron chi connectivity index (χ3n) is 2.79. The molecule has 0 atom stereocenters. The number of anilines is 2. The fourth-order valence-corrected chi connectivity index (χ4v) is 1.66. The molecule has 0 aromatic heterocycles. The molecule has 0 amide bonds. The molecule has 2 rings (SSSR count). The summed E-state index contributed by atoms with van der Waals surface area (Å²) >= 11 is 0. The molecule has 2 aromatic carbocycles. The Morgan fingerprint density at radius 2 is 1.41 bits per heavy atom. The molecule has 2 aromatic rings. The maximum absolute atomic E-state index is 3.40. The first-order chi connectivity index (χ1) is 8.28. The first kappa shape index (κ1) is 11.5. The van der Waals surface area contributed by atoms with E-state index in [0.29, 0.717) is 0 Å². The van der Waals surface area contributed by atoms with Crippen LogP contribution < -0.4 is 10.6 Å². The van der Waals surface area contributed by atoms with Gasteiger partial charge in [-0.25, -0.2) is 0 Å². The summed E-state index contributed by atoms with van der Waals surface area (Å²) in [5, 5.41) is 6.51. The van der Waals surface area contributed by atoms with Crippen LogP contribution in [0.5, 0.6) is 0 Å². The number of nitrogens with one attached hydrogen (secondary N) is 2. The Balaban J connectivity index is 1.95. The summed E-state index contributed by atoms with van der Waals surface area (Å²) in [4.78, 5) is 0. The quantitative estimate of drug-likeness (QED) is 0.831. The first-order valence-corrected chi connectivity index (χ1v) is 5.85. The average Bonchev–Trinajstić information content (AvgIpc) is 2.39. The maximum Gasteiger partial charge on any atom is 0.0400 e. The fraction of sp³-hybridized carbons (Fsp3) is 0.200. The van der Waals surface area contributed by atoms with Crippen LogP contribution in [-0.4, -0.2) is 7.05 Å². The number of rotatable bonds is 4. The minimum Gasteiger partial charge on any atom is -0.388 e. The van der Waals surface area contributed by atoms with Gasteiger partial charge in [0, 0.05) is 25.0 Å². The molecule has 0 radical (unpaired) electrons. The van der Waals surface area contributed by atoms with Gasteiger partial charge in [0.15, 0.2) is 0 Å². The van der Waals surface area contributed by atoms with Crippen LogP contribution in [0.1, 0.15) is 11.1 Å². The van der Waals surface area contributed by atoms with Crippen molar-refractivity contribution in [3.05, 3.63) is 59.7 Å². The minimum atomic E-state index is 0.860. The molecule has 0 aliphatic carbocycles. The molecule has 0 bridgehead atoms. The van der Waals surface area contributed by atoms with Crippen LogP contribution in [0.15, 0.2) is 48.5 Å². The molecule has 0 fully saturated rings. The van der Waals surface area contributed by atoms with Crippen LogP contribution in [0.2, 0.25) is 0 Å². The zero-order valence-corrected chi connectivity index (χ0v) is 10.3. The summed E-state index contributed by atoms with van der Waals surface area (Å²) < 4.78 is 0. The number of aryl methyl sites for hydroxylation is 1. The first-order valence-electron chi connectivity index (χ1n) is 5.85. The lowest BCUT2D eigenvalue weighted by Crippen LogP contribution is -1.99. The van der Waals surface area contributed by atoms with Crippen molar-refractivity contribution < 1.29 is 0 Å². The SMILES string of the molecule is CNc1ccc(NCc2ccc(C)cc2)cc1. The molecule has 17 heavy (non-hydrogen) atoms. The lowest BCUT2D eigenvalue weighted by molar-refractivity contribution is 1.14. The van der Waals surface area contributed by atoms with Crippen LogP contribution in [0.3, 0.4) is 0 Å². The number of benzene rings is 2. The maximum atomic E-state index is 3.40. The third-order valence-corrected chi connectivity index (χ3v) is 2.79. The highest BCUT2D eigenvalue weighted by molar-refractivity contribution is 5.53. The topological polar surface area (TPSA) is 24.1 Å². The van der Waals surface area contributed by atoms with Gasteiger partial charge in [-0.15, -0.1) is 0 Å². The second-order valence-corrected chi connectivity index (χ2v) is 4.17. The van der Waals surface area contributed by atoms with Crippen molar-refractivity contribution in [2.45, 2.75) is 13.5 Å². The molecule has 0 aliphatic heterocycles. The largest absolute Gasteiger partial charge is 0.388 e. The Labute approximate surface area is 103 Å². The summed E-state index contributed by atoms with van der Waals surface area (Å²) in [6.07, 6.45) is 0. The third kappa shape index (κ3) is 3.25. The van der Waals surface area contributed by atoms with E-state index in [1.807, 2.05) is 7.05 Å². The van der Waals surface area contributed by atoms with Crippen LogP contribution >= 0.6 is 0 Å². The monoisotopic (exact) mass is 226 g/mol. The van der Waals surface area contributed by atoms with Gasteiger partial charge >= 0.3 is 0 Å². The standard InChI is InChI=1S/C15H18N2/c1-12-3-5-13(6-4-12)11-17-15-9-7-14(16-2)8-10-15/h3-10,16-17H,11H2,1-2H3. The van der Waals surface area contributed by atoms with Gasteiger partial charge < -0.3 is 10.6 Å². The second-order valence-electron chi connectivity index (χ2n) is 4.17. The highest BCUT2D eigenvalue weighted by Crippen LogP contribution is 2.14. The lowest BCUT2D eigenvalue weighted by atomic mass is 10.1. The van der Waals surface area contributed by atoms with Gasteiger partial charge in [0.1, 0.15) is 0 Å². The van der Waals surface area contributed by atoms with E-state index in [2.05, 4.69) is 66.1 Å². The van der Waals surface area contributed by atoms with Crippen molar-refractivity contribution in [2.75, 3.05) is 17.7 Å². The highest BCUT2D eigenvalue weighted by Gasteiger charge is 1.94. The highest BCUT2D eigenvalue weighted by atomic mass is 14.9. The van der Waals surface area contributed by atoms with Gasteiger partial charge in [-0.3, -0.25) is 0 Å². The van der Waals surface area contributed by atoms with Crippen molar-refractivity contribution in [3.8, 4) is 0 Å². The Morgan fingerprint density at radius 3 is 2.00 bits per heavy atom. The summed E-state index contributed by atoms with van der Waals surface area (Å²) in [5.41, 5.74) is 4.87. The average molecular weight is 226 g/mol. The van der Waals surface area contributed by atoms with Gasteiger partial charge in [0.2, 0.25) is 0 Å². The minimum absolute atomic E-state index is 0.860. The van der Waals surface area contributed by atoms with Crippen LogP contribution in [-0.2, 0) is 6.54 Å². The molecule has 2 nitrogen and oxygen atoms in total. The molecule has 2 N–H and O–H groups in total. The number of hydrogen-bond donors (Lipinski definition) is 2. The van der Waals surface area contributed by atoms with Crippen molar-refractivity contribution in [3.63, 3.8) is 0 Å². The van der Waals surface area contributed by atoms with E-state index in [4.69, 9.17) is 0 Å². The van der Waals surface area contributed by atoms with Gasteiger partial charge in [-0.05, 0) is 36.8 Å². The predicted molar refractivity (Wildman–Crippen MR) is 74.5 cm³/mol. The van der Waals surface area contributed by atoms with E-state index >= 15 is 0 Å². The van der Waals surface area contributed by atoms with Crippen LogP contribution in [0, 0.1) is 6.92 Å². The normalized spacial score (nSPS) is 10.0. The molecule has 0 aliphatic rings. The summed E-state index contributed by atoms with van der Waals surface area (Å²) in [6, 6.07) is 16.9. The van der Waals surface area contributed by atoms with Crippen molar-refractivity contribution in [1.29, 1.82) is 0 Å². The second kappa shape index (κ2) is 5.39. The zero-order valence-electron chi connectivity index (χ0n) is 10.3. The van der Waals surface area contributed by atoms with E-state index in [-0.39, 0.29) is 0 Å². The smallest absolute Gasteiger partial charge is 0.0400 e. The van der Waals surface area contributed by atoms with E-state index in [0.717, 1.165) is 17.9 Å². The van der Waals surface area contributed by atoms with E-state index in [1.165, 1.54) is 11.1 Å². The van der Waals surface area contributed by atoms with E-state index in [1.54, 1.807) is 0 Å². The molecular weight excluding hydrogens is 208 g/mol. The molecular formula is C15H18N2. The molecule has 0 spiro atoms. The van der Waals surface area contributed by atoms with Crippen molar-refractivity contribution >= 4 is 11.4 Å². The summed E-state index contributed by atoms with van der Waals surface area (Å²) in [7, 11) is 1.93. The Hall–Kier alpha value is -1.96.